The fraction of sp³-hybridized carbons (Fsp3) is 0.273. The molecule has 9 nitrogen and oxygen atoms in total. The fourth-order valence-electron chi connectivity index (χ4n) is 2.76. The number of amides is 2. The number of nitrogens with one attached hydrogen (secondary N) is 2. The van der Waals surface area contributed by atoms with Gasteiger partial charge in [-0.05, 0) is 36.4 Å². The van der Waals surface area contributed by atoms with Gasteiger partial charge in [0.05, 0.1) is 12.3 Å². The summed E-state index contributed by atoms with van der Waals surface area (Å²) in [5, 5.41) is 13.9. The number of rotatable bonds is 6. The first-order chi connectivity index (χ1) is 14.7. The first-order valence-electron chi connectivity index (χ1n) is 9.67. The van der Waals surface area contributed by atoms with Crippen molar-refractivity contribution < 1.29 is 24.2 Å². The van der Waals surface area contributed by atoms with Crippen molar-refractivity contribution in [2.45, 2.75) is 20.8 Å². The minimum Gasteiger partial charge on any atom is -0.447 e. The topological polar surface area (TPSA) is 122 Å². The maximum atomic E-state index is 12.5. The zero-order chi connectivity index (χ0) is 22.6. The third-order valence-electron chi connectivity index (χ3n) is 4.34. The second-order valence-electron chi connectivity index (χ2n) is 7.90. The molecule has 2 aromatic heterocycles. The van der Waals surface area contributed by atoms with Crippen molar-refractivity contribution in [1.29, 1.82) is 0 Å². The molecule has 0 radical (unpaired) electrons. The number of hydrogen-bond donors (Lipinski definition) is 3. The molecule has 0 unspecified atom stereocenters. The highest BCUT2D eigenvalue weighted by Gasteiger charge is 2.25. The Morgan fingerprint density at radius 1 is 1.00 bits per heavy atom. The summed E-state index contributed by atoms with van der Waals surface area (Å²) in [5.74, 6) is -0.393. The van der Waals surface area contributed by atoms with Gasteiger partial charge in [-0.15, -0.1) is 0 Å². The first kappa shape index (κ1) is 22.0. The lowest BCUT2D eigenvalue weighted by molar-refractivity contribution is 0.0853. The number of carbonyl (C=O) groups is 3. The summed E-state index contributed by atoms with van der Waals surface area (Å²) in [5.41, 5.74) is 1.83. The van der Waals surface area contributed by atoms with Crippen LogP contribution < -0.4 is 10.6 Å². The van der Waals surface area contributed by atoms with E-state index in [9.17, 15) is 14.4 Å². The van der Waals surface area contributed by atoms with Crippen LogP contribution in [0.2, 0.25) is 0 Å². The summed E-state index contributed by atoms with van der Waals surface area (Å²) in [6, 6.07) is 9.69. The molecule has 2 heterocycles. The van der Waals surface area contributed by atoms with Gasteiger partial charge >= 0.3 is 6.09 Å². The highest BCUT2D eigenvalue weighted by atomic mass is 16.6. The van der Waals surface area contributed by atoms with E-state index in [0.717, 1.165) is 0 Å². The summed E-state index contributed by atoms with van der Waals surface area (Å²) < 4.78 is 6.41. The predicted octanol–water partition coefficient (Wildman–Crippen LogP) is 3.36. The molecule has 31 heavy (non-hydrogen) atoms. The molecule has 0 spiro atoms. The van der Waals surface area contributed by atoms with Gasteiger partial charge in [-0.2, -0.15) is 0 Å². The number of aromatic nitrogens is 2. The lowest BCUT2D eigenvalue weighted by Gasteiger charge is -2.13. The largest absolute Gasteiger partial charge is 0.447 e. The van der Waals surface area contributed by atoms with Crippen molar-refractivity contribution >= 4 is 34.8 Å². The molecule has 3 aromatic rings. The number of anilines is 2. The molecule has 0 aliphatic carbocycles. The number of imidazole rings is 1. The smallest absolute Gasteiger partial charge is 0.411 e. The Morgan fingerprint density at radius 2 is 1.68 bits per heavy atom. The average molecular weight is 424 g/mol. The Hall–Kier alpha value is -3.72. The van der Waals surface area contributed by atoms with E-state index in [2.05, 4.69) is 15.6 Å². The summed E-state index contributed by atoms with van der Waals surface area (Å²) in [6.45, 7) is 5.16. The van der Waals surface area contributed by atoms with Crippen LogP contribution in [0.5, 0.6) is 0 Å². The Bertz CT molecular complexity index is 1110. The average Bonchev–Trinajstić information content (AvgIpc) is 3.14. The van der Waals surface area contributed by atoms with Gasteiger partial charge < -0.3 is 19.6 Å². The van der Waals surface area contributed by atoms with E-state index in [0.29, 0.717) is 28.3 Å². The van der Waals surface area contributed by atoms with Crippen LogP contribution in [0.1, 0.15) is 41.6 Å². The van der Waals surface area contributed by atoms with Crippen molar-refractivity contribution in [3.05, 3.63) is 60.0 Å². The molecule has 2 amide bonds. The van der Waals surface area contributed by atoms with Crippen LogP contribution in [0, 0.1) is 5.41 Å². The van der Waals surface area contributed by atoms with Crippen LogP contribution in [0.4, 0.5) is 16.2 Å². The Labute approximate surface area is 179 Å². The van der Waals surface area contributed by atoms with Crippen LogP contribution in [0.25, 0.3) is 5.65 Å². The number of hydrogen-bond acceptors (Lipinski definition) is 6. The van der Waals surface area contributed by atoms with Gasteiger partial charge in [0.25, 0.3) is 5.91 Å². The molecular formula is C22H24N4O5. The van der Waals surface area contributed by atoms with Crippen LogP contribution in [-0.2, 0) is 4.74 Å². The van der Waals surface area contributed by atoms with Crippen molar-refractivity contribution in [3.8, 4) is 0 Å². The van der Waals surface area contributed by atoms with Crippen LogP contribution >= 0.6 is 0 Å². The van der Waals surface area contributed by atoms with E-state index in [-0.39, 0.29) is 24.9 Å². The van der Waals surface area contributed by atoms with Gasteiger partial charge in [0.2, 0.25) is 0 Å². The minimum atomic E-state index is -0.691. The number of aliphatic hydroxyl groups excluding tert-OH is 1. The molecule has 0 fully saturated rings. The summed E-state index contributed by atoms with van der Waals surface area (Å²) >= 11 is 0. The van der Waals surface area contributed by atoms with Crippen molar-refractivity contribution in [2.75, 3.05) is 23.8 Å². The number of ether oxygens (including phenoxy) is 1. The summed E-state index contributed by atoms with van der Waals surface area (Å²) in [6.07, 6.45) is 2.64. The molecule has 162 valence electrons. The number of nitrogens with zero attached hydrogens (tertiary/aromatic N) is 2. The molecule has 3 N–H and O–H groups in total. The second-order valence-corrected chi connectivity index (χ2v) is 7.90. The van der Waals surface area contributed by atoms with Crippen molar-refractivity contribution in [2.24, 2.45) is 5.41 Å². The minimum absolute atomic E-state index is 0.0595. The van der Waals surface area contributed by atoms with E-state index in [1.807, 2.05) is 20.8 Å². The number of carbonyl (C=O) groups excluding carboxylic acids is 3. The van der Waals surface area contributed by atoms with Crippen LogP contribution in [0.3, 0.4) is 0 Å². The number of benzene rings is 1. The quantitative estimate of drug-likeness (QED) is 0.522. The number of fused-ring (bicyclic) bond motifs is 1. The fourth-order valence-corrected chi connectivity index (χ4v) is 2.76. The highest BCUT2D eigenvalue weighted by Crippen LogP contribution is 2.21. The molecule has 0 aliphatic heterocycles. The van der Waals surface area contributed by atoms with Crippen LogP contribution in [-0.4, -0.2) is 45.5 Å². The molecule has 0 bridgehead atoms. The van der Waals surface area contributed by atoms with Crippen molar-refractivity contribution in [3.63, 3.8) is 0 Å². The lowest BCUT2D eigenvalue weighted by Crippen LogP contribution is -2.20. The van der Waals surface area contributed by atoms with Gasteiger partial charge in [-0.1, -0.05) is 20.8 Å². The highest BCUT2D eigenvalue weighted by molar-refractivity contribution is 6.04. The third kappa shape index (κ3) is 5.46. The van der Waals surface area contributed by atoms with E-state index in [4.69, 9.17) is 9.84 Å². The van der Waals surface area contributed by atoms with E-state index in [1.54, 1.807) is 53.2 Å². The van der Waals surface area contributed by atoms with E-state index in [1.165, 1.54) is 0 Å². The molecule has 9 heteroatoms. The Balaban J connectivity index is 1.68. The molecule has 3 rings (SSSR count). The normalized spacial score (nSPS) is 11.2. The third-order valence-corrected chi connectivity index (χ3v) is 4.34. The second kappa shape index (κ2) is 8.97. The molecule has 0 aliphatic rings. The number of ketones is 1. The van der Waals surface area contributed by atoms with Gasteiger partial charge in [-0.3, -0.25) is 14.9 Å². The van der Waals surface area contributed by atoms with E-state index >= 15 is 0 Å². The maximum Gasteiger partial charge on any atom is 0.411 e. The monoisotopic (exact) mass is 424 g/mol. The van der Waals surface area contributed by atoms with Gasteiger partial charge in [-0.25, -0.2) is 9.78 Å². The van der Waals surface area contributed by atoms with E-state index < -0.39 is 11.5 Å². The Kier molecular flexibility index (Phi) is 6.36. The SMILES string of the molecule is CC(C)(C)C(=O)c1cn2cc(NC(=O)c3ccc(NC(=O)OCCO)cc3)ccc2n1. The molecular weight excluding hydrogens is 400 g/mol. The summed E-state index contributed by atoms with van der Waals surface area (Å²) in [7, 11) is 0. The maximum absolute atomic E-state index is 12.5. The summed E-state index contributed by atoms with van der Waals surface area (Å²) in [4.78, 5) is 40.8. The van der Waals surface area contributed by atoms with Gasteiger partial charge in [0.1, 0.15) is 17.9 Å². The van der Waals surface area contributed by atoms with Crippen molar-refractivity contribution in [1.82, 2.24) is 9.38 Å². The number of aliphatic hydroxyl groups is 1. The zero-order valence-electron chi connectivity index (χ0n) is 17.5. The molecule has 0 saturated carbocycles. The van der Waals surface area contributed by atoms with Gasteiger partial charge in [0, 0.05) is 29.1 Å². The van der Waals surface area contributed by atoms with Crippen LogP contribution in [0.15, 0.2) is 48.8 Å². The first-order valence-corrected chi connectivity index (χ1v) is 9.67. The molecule has 0 atom stereocenters. The molecule has 1 aromatic carbocycles. The number of Topliss-reactive ketones (excluding diaryl/α,β-unsaturated/α-hetero) is 1. The zero-order valence-corrected chi connectivity index (χ0v) is 17.5. The predicted molar refractivity (Wildman–Crippen MR) is 115 cm³/mol. The number of pyridine rings is 1. The Morgan fingerprint density at radius 3 is 2.32 bits per heavy atom. The lowest BCUT2D eigenvalue weighted by atomic mass is 9.89. The standard InChI is InChI=1S/C22H24N4O5/c1-22(2,3)19(28)17-13-26-12-16(8-9-18(26)25-17)23-20(29)14-4-6-15(7-5-14)24-21(30)31-11-10-27/h4-9,12-13,27H,10-11H2,1-3H3,(H,23,29)(H,24,30). The van der Waals surface area contributed by atoms with Gasteiger partial charge in [0.15, 0.2) is 5.78 Å². The molecule has 0 saturated heterocycles.